The predicted octanol–water partition coefficient (Wildman–Crippen LogP) is 2.62. The molecule has 1 aromatic heterocycles. The van der Waals surface area contributed by atoms with Crippen LogP contribution in [-0.2, 0) is 0 Å². The number of carbonyl (C=O) groups is 1. The summed E-state index contributed by atoms with van der Waals surface area (Å²) in [7, 11) is 0. The van der Waals surface area contributed by atoms with E-state index < -0.39 is 11.6 Å². The Bertz CT molecular complexity index is 584. The first kappa shape index (κ1) is 11.3. The minimum atomic E-state index is -0.724. The van der Waals surface area contributed by atoms with E-state index in [4.69, 9.17) is 0 Å². The average Bonchev–Trinajstić information content (AvgIpc) is 2.29. The van der Waals surface area contributed by atoms with Crippen LogP contribution in [0.5, 0.6) is 0 Å². The molecule has 2 rings (SSSR count). The van der Waals surface area contributed by atoms with Gasteiger partial charge < -0.3 is 0 Å². The van der Waals surface area contributed by atoms with Crippen molar-refractivity contribution in [2.24, 2.45) is 0 Å². The summed E-state index contributed by atoms with van der Waals surface area (Å²) in [4.78, 5) is 18.8. The zero-order valence-corrected chi connectivity index (χ0v) is 8.95. The molecule has 0 aliphatic carbocycles. The standard InChI is InChI=1S/C12H8F2N2O/c1-7(17)12-15-5-4-11(16-12)9-3-2-8(13)6-10(9)14/h2-6H,1H3. The van der Waals surface area contributed by atoms with Gasteiger partial charge in [-0.25, -0.2) is 18.7 Å². The van der Waals surface area contributed by atoms with E-state index in [0.717, 1.165) is 12.1 Å². The molecule has 0 fully saturated rings. The van der Waals surface area contributed by atoms with Gasteiger partial charge >= 0.3 is 0 Å². The summed E-state index contributed by atoms with van der Waals surface area (Å²) in [5, 5.41) is 0. The van der Waals surface area contributed by atoms with Crippen molar-refractivity contribution in [3.05, 3.63) is 47.9 Å². The second-order valence-electron chi connectivity index (χ2n) is 3.45. The molecule has 86 valence electrons. The number of ketones is 1. The molecule has 0 spiro atoms. The number of aromatic nitrogens is 2. The monoisotopic (exact) mass is 234 g/mol. The summed E-state index contributed by atoms with van der Waals surface area (Å²) in [5.74, 6) is -1.69. The maximum atomic E-state index is 13.5. The third kappa shape index (κ3) is 2.33. The van der Waals surface area contributed by atoms with Gasteiger partial charge in [-0.1, -0.05) is 0 Å². The minimum absolute atomic E-state index is 0.00576. The predicted molar refractivity (Wildman–Crippen MR) is 57.4 cm³/mol. The fraction of sp³-hybridized carbons (Fsp3) is 0.0833. The molecule has 0 aliphatic rings. The van der Waals surface area contributed by atoms with Crippen molar-refractivity contribution in [3.8, 4) is 11.3 Å². The molecule has 0 radical (unpaired) electrons. The van der Waals surface area contributed by atoms with Gasteiger partial charge in [-0.05, 0) is 18.2 Å². The van der Waals surface area contributed by atoms with Gasteiger partial charge in [0.1, 0.15) is 11.6 Å². The van der Waals surface area contributed by atoms with Crippen LogP contribution in [0.3, 0.4) is 0 Å². The number of nitrogens with zero attached hydrogens (tertiary/aromatic N) is 2. The first-order valence-corrected chi connectivity index (χ1v) is 4.87. The number of Topliss-reactive ketones (excluding diaryl/α,β-unsaturated/α-hetero) is 1. The molecule has 0 bridgehead atoms. The van der Waals surface area contributed by atoms with E-state index in [1.54, 1.807) is 0 Å². The van der Waals surface area contributed by atoms with Crippen LogP contribution in [0.1, 0.15) is 17.5 Å². The Kier molecular flexibility index (Phi) is 2.91. The lowest BCUT2D eigenvalue weighted by atomic mass is 10.1. The molecule has 0 amide bonds. The fourth-order valence-electron chi connectivity index (χ4n) is 1.38. The van der Waals surface area contributed by atoms with Gasteiger partial charge in [-0.15, -0.1) is 0 Å². The Labute approximate surface area is 96.2 Å². The normalized spacial score (nSPS) is 10.3. The third-order valence-corrected chi connectivity index (χ3v) is 2.18. The van der Waals surface area contributed by atoms with Crippen LogP contribution in [0.25, 0.3) is 11.3 Å². The molecule has 1 aromatic carbocycles. The van der Waals surface area contributed by atoms with E-state index >= 15 is 0 Å². The molecule has 0 unspecified atom stereocenters. The maximum absolute atomic E-state index is 13.5. The summed E-state index contributed by atoms with van der Waals surface area (Å²) in [6.45, 7) is 1.32. The van der Waals surface area contributed by atoms with Crippen LogP contribution in [-0.4, -0.2) is 15.8 Å². The van der Waals surface area contributed by atoms with Crippen molar-refractivity contribution in [2.75, 3.05) is 0 Å². The van der Waals surface area contributed by atoms with E-state index in [1.807, 2.05) is 0 Å². The van der Waals surface area contributed by atoms with E-state index in [1.165, 1.54) is 25.3 Å². The van der Waals surface area contributed by atoms with Crippen molar-refractivity contribution in [1.82, 2.24) is 9.97 Å². The molecule has 2 aromatic rings. The highest BCUT2D eigenvalue weighted by Gasteiger charge is 2.10. The van der Waals surface area contributed by atoms with Crippen molar-refractivity contribution in [3.63, 3.8) is 0 Å². The topological polar surface area (TPSA) is 42.9 Å². The second-order valence-corrected chi connectivity index (χ2v) is 3.45. The van der Waals surface area contributed by atoms with Gasteiger partial charge in [0.05, 0.1) is 5.69 Å². The summed E-state index contributed by atoms with van der Waals surface area (Å²) in [5.41, 5.74) is 0.388. The smallest absolute Gasteiger partial charge is 0.196 e. The first-order chi connectivity index (χ1) is 8.08. The molecule has 1 heterocycles. The molecule has 3 nitrogen and oxygen atoms in total. The number of halogens is 2. The van der Waals surface area contributed by atoms with E-state index in [2.05, 4.69) is 9.97 Å². The molecule has 5 heteroatoms. The molecule has 0 N–H and O–H groups in total. The number of rotatable bonds is 2. The highest BCUT2D eigenvalue weighted by Crippen LogP contribution is 2.21. The molecule has 17 heavy (non-hydrogen) atoms. The zero-order chi connectivity index (χ0) is 12.4. The zero-order valence-electron chi connectivity index (χ0n) is 8.95. The third-order valence-electron chi connectivity index (χ3n) is 2.18. The van der Waals surface area contributed by atoms with Crippen LogP contribution >= 0.6 is 0 Å². The summed E-state index contributed by atoms with van der Waals surface area (Å²) < 4.78 is 26.2. The van der Waals surface area contributed by atoms with E-state index in [0.29, 0.717) is 0 Å². The lowest BCUT2D eigenvalue weighted by molar-refractivity contribution is 0.100. The largest absolute Gasteiger partial charge is 0.291 e. The first-order valence-electron chi connectivity index (χ1n) is 4.87. The lowest BCUT2D eigenvalue weighted by Crippen LogP contribution is -2.02. The SMILES string of the molecule is CC(=O)c1nccc(-c2ccc(F)cc2F)n1. The van der Waals surface area contributed by atoms with E-state index in [-0.39, 0.29) is 22.9 Å². The Hall–Kier alpha value is -2.17. The quantitative estimate of drug-likeness (QED) is 0.750. The van der Waals surface area contributed by atoms with E-state index in [9.17, 15) is 13.6 Å². The Morgan fingerprint density at radius 3 is 2.65 bits per heavy atom. The van der Waals surface area contributed by atoms with Crippen molar-refractivity contribution >= 4 is 5.78 Å². The van der Waals surface area contributed by atoms with Gasteiger partial charge in [0.15, 0.2) is 11.6 Å². The molecule has 0 saturated carbocycles. The van der Waals surface area contributed by atoms with Crippen LogP contribution in [0.15, 0.2) is 30.5 Å². The summed E-state index contributed by atoms with van der Waals surface area (Å²) in [6, 6.07) is 4.64. The van der Waals surface area contributed by atoms with Gasteiger partial charge in [0, 0.05) is 24.8 Å². The number of carbonyl (C=O) groups excluding carboxylic acids is 1. The molecule has 0 aliphatic heterocycles. The second kappa shape index (κ2) is 4.37. The molecular formula is C12H8F2N2O. The molecule has 0 saturated heterocycles. The summed E-state index contributed by atoms with van der Waals surface area (Å²) in [6.07, 6.45) is 1.36. The summed E-state index contributed by atoms with van der Waals surface area (Å²) >= 11 is 0. The Morgan fingerprint density at radius 1 is 1.24 bits per heavy atom. The van der Waals surface area contributed by atoms with Gasteiger partial charge in [0.25, 0.3) is 0 Å². The van der Waals surface area contributed by atoms with Crippen LogP contribution in [0, 0.1) is 11.6 Å². The highest BCUT2D eigenvalue weighted by atomic mass is 19.1. The Balaban J connectivity index is 2.53. The van der Waals surface area contributed by atoms with Crippen molar-refractivity contribution in [2.45, 2.75) is 6.92 Å². The van der Waals surface area contributed by atoms with Gasteiger partial charge in [-0.2, -0.15) is 0 Å². The van der Waals surface area contributed by atoms with Crippen LogP contribution < -0.4 is 0 Å². The molecular weight excluding hydrogens is 226 g/mol. The van der Waals surface area contributed by atoms with Gasteiger partial charge in [-0.3, -0.25) is 4.79 Å². The van der Waals surface area contributed by atoms with Gasteiger partial charge in [0.2, 0.25) is 0 Å². The van der Waals surface area contributed by atoms with Crippen LogP contribution in [0.2, 0.25) is 0 Å². The highest BCUT2D eigenvalue weighted by molar-refractivity contribution is 5.90. The Morgan fingerprint density at radius 2 is 2.00 bits per heavy atom. The number of benzene rings is 1. The maximum Gasteiger partial charge on any atom is 0.196 e. The molecule has 0 atom stereocenters. The van der Waals surface area contributed by atoms with Crippen molar-refractivity contribution < 1.29 is 13.6 Å². The lowest BCUT2D eigenvalue weighted by Gasteiger charge is -2.03. The average molecular weight is 234 g/mol. The van der Waals surface area contributed by atoms with Crippen LogP contribution in [0.4, 0.5) is 8.78 Å². The fourth-order valence-corrected chi connectivity index (χ4v) is 1.38. The number of hydrogen-bond acceptors (Lipinski definition) is 3. The minimum Gasteiger partial charge on any atom is -0.291 e. The number of hydrogen-bond donors (Lipinski definition) is 0. The van der Waals surface area contributed by atoms with Crippen molar-refractivity contribution in [1.29, 1.82) is 0 Å².